The summed E-state index contributed by atoms with van der Waals surface area (Å²) < 4.78 is 18.8. The minimum atomic E-state index is -0.913. The molecule has 0 unspecified atom stereocenters. The molecule has 1 aromatic carbocycles. The van der Waals surface area contributed by atoms with Gasteiger partial charge in [0.1, 0.15) is 17.1 Å². The van der Waals surface area contributed by atoms with Gasteiger partial charge in [0.15, 0.2) is 6.61 Å². The van der Waals surface area contributed by atoms with Gasteiger partial charge in [0.05, 0.1) is 0 Å². The van der Waals surface area contributed by atoms with Crippen molar-refractivity contribution in [3.8, 4) is 5.75 Å². The number of halogens is 1. The third-order valence-electron chi connectivity index (χ3n) is 3.28. The summed E-state index contributed by atoms with van der Waals surface area (Å²) in [6.07, 6.45) is 3.09. The van der Waals surface area contributed by atoms with Gasteiger partial charge in [-0.25, -0.2) is 4.39 Å². The number of nitrogens with zero attached hydrogens (tertiary/aromatic N) is 1. The van der Waals surface area contributed by atoms with Gasteiger partial charge in [-0.1, -0.05) is 6.07 Å². The summed E-state index contributed by atoms with van der Waals surface area (Å²) in [6.45, 7) is 1.21. The minimum absolute atomic E-state index is 0.00265. The van der Waals surface area contributed by atoms with Crippen LogP contribution in [0.25, 0.3) is 0 Å². The molecule has 0 radical (unpaired) electrons. The lowest BCUT2D eigenvalue weighted by Gasteiger charge is -2.26. The number of amides is 2. The Kier molecular flexibility index (Phi) is 4.55. The first-order valence-corrected chi connectivity index (χ1v) is 6.58. The number of nitrogens with two attached hydrogens (primary N) is 1. The molecule has 1 saturated heterocycles. The highest BCUT2D eigenvalue weighted by molar-refractivity contribution is 5.96. The Bertz CT molecular complexity index is 513. The second-order valence-electron chi connectivity index (χ2n) is 4.71. The van der Waals surface area contributed by atoms with Gasteiger partial charge in [-0.3, -0.25) is 9.59 Å². The smallest absolute Gasteiger partial charge is 0.260 e. The van der Waals surface area contributed by atoms with E-state index < -0.39 is 11.7 Å². The van der Waals surface area contributed by atoms with Crippen molar-refractivity contribution in [1.29, 1.82) is 0 Å². The Labute approximate surface area is 116 Å². The number of hydrogen-bond acceptors (Lipinski definition) is 3. The summed E-state index contributed by atoms with van der Waals surface area (Å²) in [5.74, 6) is -1.82. The number of ether oxygens (including phenoxy) is 1. The largest absolute Gasteiger partial charge is 0.483 e. The molecule has 6 heteroatoms. The third-order valence-corrected chi connectivity index (χ3v) is 3.28. The molecule has 2 rings (SSSR count). The van der Waals surface area contributed by atoms with Crippen LogP contribution in [0.15, 0.2) is 18.2 Å². The fraction of sp³-hybridized carbons (Fsp3) is 0.429. The van der Waals surface area contributed by atoms with E-state index in [1.807, 2.05) is 0 Å². The van der Waals surface area contributed by atoms with E-state index in [0.717, 1.165) is 25.3 Å². The second kappa shape index (κ2) is 6.36. The summed E-state index contributed by atoms with van der Waals surface area (Å²) in [5.41, 5.74) is 4.79. The minimum Gasteiger partial charge on any atom is -0.483 e. The summed E-state index contributed by atoms with van der Waals surface area (Å²) in [4.78, 5) is 24.8. The van der Waals surface area contributed by atoms with E-state index in [4.69, 9.17) is 10.5 Å². The molecule has 1 aliphatic rings. The molecule has 1 fully saturated rings. The van der Waals surface area contributed by atoms with Gasteiger partial charge in [-0.2, -0.15) is 0 Å². The maximum Gasteiger partial charge on any atom is 0.260 e. The summed E-state index contributed by atoms with van der Waals surface area (Å²) in [7, 11) is 0. The van der Waals surface area contributed by atoms with Gasteiger partial charge >= 0.3 is 0 Å². The van der Waals surface area contributed by atoms with Gasteiger partial charge < -0.3 is 15.4 Å². The number of likely N-dealkylation sites (tertiary alicyclic amines) is 1. The van der Waals surface area contributed by atoms with Crippen LogP contribution in [0, 0.1) is 5.82 Å². The fourth-order valence-corrected chi connectivity index (χ4v) is 2.24. The van der Waals surface area contributed by atoms with Crippen LogP contribution in [0.4, 0.5) is 4.39 Å². The van der Waals surface area contributed by atoms with E-state index in [2.05, 4.69) is 0 Å². The van der Waals surface area contributed by atoms with Gasteiger partial charge in [0, 0.05) is 13.1 Å². The monoisotopic (exact) mass is 280 g/mol. The Balaban J connectivity index is 2.02. The zero-order valence-corrected chi connectivity index (χ0v) is 11.1. The molecule has 0 aromatic heterocycles. The van der Waals surface area contributed by atoms with Crippen molar-refractivity contribution in [2.45, 2.75) is 19.3 Å². The highest BCUT2D eigenvalue weighted by Crippen LogP contribution is 2.21. The number of carbonyl (C=O) groups is 2. The van der Waals surface area contributed by atoms with Crippen LogP contribution in [0.3, 0.4) is 0 Å². The number of rotatable bonds is 4. The highest BCUT2D eigenvalue weighted by atomic mass is 19.1. The molecule has 108 valence electrons. The number of hydrogen-bond donors (Lipinski definition) is 1. The Hall–Kier alpha value is -2.11. The molecule has 2 N–H and O–H groups in total. The first kappa shape index (κ1) is 14.3. The average Bonchev–Trinajstić information content (AvgIpc) is 2.45. The molecule has 0 bridgehead atoms. The van der Waals surface area contributed by atoms with Crippen molar-refractivity contribution in [2.75, 3.05) is 19.7 Å². The molecule has 0 aliphatic carbocycles. The Morgan fingerprint density at radius 1 is 1.25 bits per heavy atom. The molecular formula is C14H17FN2O3. The van der Waals surface area contributed by atoms with E-state index in [1.165, 1.54) is 12.1 Å². The topological polar surface area (TPSA) is 72.6 Å². The molecule has 20 heavy (non-hydrogen) atoms. The molecule has 5 nitrogen and oxygen atoms in total. The zero-order chi connectivity index (χ0) is 14.5. The first-order chi connectivity index (χ1) is 9.59. The molecule has 1 aromatic rings. The van der Waals surface area contributed by atoms with Crippen LogP contribution in [-0.4, -0.2) is 36.4 Å². The van der Waals surface area contributed by atoms with Crippen LogP contribution in [0.5, 0.6) is 5.75 Å². The van der Waals surface area contributed by atoms with Crippen molar-refractivity contribution < 1.29 is 18.7 Å². The lowest BCUT2D eigenvalue weighted by Crippen LogP contribution is -2.38. The SMILES string of the molecule is NC(=O)c1c(F)cccc1OCC(=O)N1CCCCC1. The van der Waals surface area contributed by atoms with Crippen LogP contribution in [0.2, 0.25) is 0 Å². The predicted octanol–water partition coefficient (Wildman–Crippen LogP) is 1.32. The zero-order valence-electron chi connectivity index (χ0n) is 11.1. The van der Waals surface area contributed by atoms with Crippen LogP contribution < -0.4 is 10.5 Å². The Morgan fingerprint density at radius 3 is 2.60 bits per heavy atom. The third kappa shape index (κ3) is 3.26. The van der Waals surface area contributed by atoms with E-state index in [9.17, 15) is 14.0 Å². The van der Waals surface area contributed by atoms with E-state index in [1.54, 1.807) is 4.90 Å². The highest BCUT2D eigenvalue weighted by Gasteiger charge is 2.19. The summed E-state index contributed by atoms with van der Waals surface area (Å²) >= 11 is 0. The van der Waals surface area contributed by atoms with E-state index in [-0.39, 0.29) is 23.8 Å². The van der Waals surface area contributed by atoms with Crippen LogP contribution in [0.1, 0.15) is 29.6 Å². The molecule has 2 amide bonds. The second-order valence-corrected chi connectivity index (χ2v) is 4.71. The van der Waals surface area contributed by atoms with Gasteiger partial charge in [0.25, 0.3) is 11.8 Å². The number of piperidine rings is 1. The molecule has 0 spiro atoms. The quantitative estimate of drug-likeness (QED) is 0.904. The molecule has 1 aliphatic heterocycles. The van der Waals surface area contributed by atoms with Crippen LogP contribution >= 0.6 is 0 Å². The van der Waals surface area contributed by atoms with Crippen molar-refractivity contribution in [3.05, 3.63) is 29.6 Å². The van der Waals surface area contributed by atoms with Gasteiger partial charge in [-0.05, 0) is 31.4 Å². The molecule has 0 saturated carbocycles. The van der Waals surface area contributed by atoms with Gasteiger partial charge in [0.2, 0.25) is 0 Å². The Morgan fingerprint density at radius 2 is 1.95 bits per heavy atom. The number of carbonyl (C=O) groups excluding carboxylic acids is 2. The maximum atomic E-state index is 13.5. The van der Waals surface area contributed by atoms with Crippen molar-refractivity contribution in [3.63, 3.8) is 0 Å². The standard InChI is InChI=1S/C14H17FN2O3/c15-10-5-4-6-11(13(10)14(16)19)20-9-12(18)17-7-2-1-3-8-17/h4-6H,1-3,7-9H2,(H2,16,19). The number of benzene rings is 1. The van der Waals surface area contributed by atoms with E-state index in [0.29, 0.717) is 13.1 Å². The van der Waals surface area contributed by atoms with Crippen molar-refractivity contribution in [2.24, 2.45) is 5.73 Å². The molecule has 0 atom stereocenters. The predicted molar refractivity (Wildman–Crippen MR) is 70.8 cm³/mol. The van der Waals surface area contributed by atoms with Gasteiger partial charge in [-0.15, -0.1) is 0 Å². The summed E-state index contributed by atoms with van der Waals surface area (Å²) in [6, 6.07) is 3.95. The summed E-state index contributed by atoms with van der Waals surface area (Å²) in [5, 5.41) is 0. The number of primary amides is 1. The van der Waals surface area contributed by atoms with Crippen molar-refractivity contribution in [1.82, 2.24) is 4.90 Å². The first-order valence-electron chi connectivity index (χ1n) is 6.58. The lowest BCUT2D eigenvalue weighted by molar-refractivity contribution is -0.134. The molecular weight excluding hydrogens is 263 g/mol. The normalized spacial score (nSPS) is 14.9. The van der Waals surface area contributed by atoms with Crippen LogP contribution in [-0.2, 0) is 4.79 Å². The van der Waals surface area contributed by atoms with Crippen molar-refractivity contribution >= 4 is 11.8 Å². The fourth-order valence-electron chi connectivity index (χ4n) is 2.24. The molecule has 1 heterocycles. The van der Waals surface area contributed by atoms with E-state index >= 15 is 0 Å². The maximum absolute atomic E-state index is 13.5. The average molecular weight is 280 g/mol. The lowest BCUT2D eigenvalue weighted by atomic mass is 10.1.